The van der Waals surface area contributed by atoms with Crippen molar-refractivity contribution in [2.75, 3.05) is 0 Å². The normalized spacial score (nSPS) is 22.7. The van der Waals surface area contributed by atoms with Gasteiger partial charge in [-0.05, 0) is 58.0 Å². The highest BCUT2D eigenvalue weighted by atomic mass is 19.4. The average molecular weight is 465 g/mol. The number of alkyl halides is 3. The topological polar surface area (TPSA) is 0 Å². The minimum atomic E-state index is -4.36. The summed E-state index contributed by atoms with van der Waals surface area (Å²) in [5.41, 5.74) is 7.76. The Morgan fingerprint density at radius 3 is 2.23 bits per heavy atom. The zero-order chi connectivity index (χ0) is 24.2. The first-order valence-corrected chi connectivity index (χ1v) is 11.7. The molecule has 3 aliphatic rings. The summed E-state index contributed by atoms with van der Waals surface area (Å²) in [5, 5.41) is 0. The fourth-order valence-electron chi connectivity index (χ4n) is 5.87. The van der Waals surface area contributed by atoms with E-state index in [-0.39, 0.29) is 5.92 Å². The van der Waals surface area contributed by atoms with Gasteiger partial charge in [0.2, 0.25) is 0 Å². The van der Waals surface area contributed by atoms with Crippen molar-refractivity contribution in [3.63, 3.8) is 0 Å². The van der Waals surface area contributed by atoms with Gasteiger partial charge in [0, 0.05) is 11.3 Å². The van der Waals surface area contributed by atoms with Gasteiger partial charge in [0.05, 0.1) is 5.56 Å². The Morgan fingerprint density at radius 2 is 1.49 bits per heavy atom. The third-order valence-electron chi connectivity index (χ3n) is 7.33. The van der Waals surface area contributed by atoms with Gasteiger partial charge in [-0.15, -0.1) is 0 Å². The molecule has 2 atom stereocenters. The number of hydrogen-bond acceptors (Lipinski definition) is 0. The van der Waals surface area contributed by atoms with Crippen molar-refractivity contribution in [3.8, 4) is 0 Å². The monoisotopic (exact) mass is 464 g/mol. The van der Waals surface area contributed by atoms with Crippen LogP contribution in [0.1, 0.15) is 40.7 Å². The van der Waals surface area contributed by atoms with Crippen LogP contribution in [0.2, 0.25) is 0 Å². The maximum Gasteiger partial charge on any atom is 0.416 e. The first kappa shape index (κ1) is 21.7. The molecule has 0 N–H and O–H groups in total. The van der Waals surface area contributed by atoms with Crippen molar-refractivity contribution in [2.45, 2.75) is 24.4 Å². The molecule has 0 bridgehead atoms. The van der Waals surface area contributed by atoms with Crippen LogP contribution in [0.15, 0.2) is 126 Å². The summed E-state index contributed by atoms with van der Waals surface area (Å²) in [5.74, 6) is -0.0941. The van der Waals surface area contributed by atoms with Crippen LogP contribution in [0.4, 0.5) is 13.2 Å². The van der Waals surface area contributed by atoms with Crippen LogP contribution in [0.3, 0.4) is 0 Å². The highest BCUT2D eigenvalue weighted by Crippen LogP contribution is 2.59. The predicted molar refractivity (Wildman–Crippen MR) is 136 cm³/mol. The van der Waals surface area contributed by atoms with E-state index in [4.69, 9.17) is 0 Å². The van der Waals surface area contributed by atoms with Crippen LogP contribution < -0.4 is 0 Å². The third kappa shape index (κ3) is 3.37. The molecule has 0 heterocycles. The molecule has 172 valence electrons. The quantitative estimate of drug-likeness (QED) is 0.364. The molecule has 0 saturated carbocycles. The Morgan fingerprint density at radius 1 is 0.771 bits per heavy atom. The fourth-order valence-corrected chi connectivity index (χ4v) is 5.87. The number of hydrogen-bond donors (Lipinski definition) is 0. The van der Waals surface area contributed by atoms with Crippen LogP contribution in [0.25, 0.3) is 11.6 Å². The molecule has 2 unspecified atom stereocenters. The second kappa shape index (κ2) is 7.84. The van der Waals surface area contributed by atoms with Crippen molar-refractivity contribution in [2.24, 2.45) is 0 Å². The van der Waals surface area contributed by atoms with Crippen LogP contribution in [0, 0.1) is 0 Å². The molecule has 3 aromatic rings. The smallest absolute Gasteiger partial charge is 0.166 e. The standard InChI is InChI=1S/C32H23F3/c1-21-18-24-9-7-17-31(29(24)19-21,25-10-3-2-4-11-25)30-27-12-6-5-8-23(27)20-28(30)22-13-15-26(16-14-22)32(33,34)35/h2-20,30H,1H3. The van der Waals surface area contributed by atoms with Gasteiger partial charge in [-0.3, -0.25) is 0 Å². The first-order valence-electron chi connectivity index (χ1n) is 11.7. The van der Waals surface area contributed by atoms with E-state index in [0.29, 0.717) is 0 Å². The minimum absolute atomic E-state index is 0.0941. The van der Waals surface area contributed by atoms with E-state index in [1.807, 2.05) is 18.2 Å². The van der Waals surface area contributed by atoms with E-state index >= 15 is 0 Å². The zero-order valence-electron chi connectivity index (χ0n) is 19.2. The average Bonchev–Trinajstić information content (AvgIpc) is 3.44. The highest BCUT2D eigenvalue weighted by molar-refractivity contribution is 5.94. The molecule has 0 aromatic heterocycles. The first-order chi connectivity index (χ1) is 16.9. The number of rotatable bonds is 3. The van der Waals surface area contributed by atoms with Gasteiger partial charge in [0.25, 0.3) is 0 Å². The molecule has 3 aromatic carbocycles. The molecule has 0 saturated heterocycles. The molecule has 3 aliphatic carbocycles. The van der Waals surface area contributed by atoms with Gasteiger partial charge in [-0.1, -0.05) is 109 Å². The Bertz CT molecular complexity index is 1460. The largest absolute Gasteiger partial charge is 0.416 e. The van der Waals surface area contributed by atoms with E-state index in [9.17, 15) is 13.2 Å². The van der Waals surface area contributed by atoms with Crippen molar-refractivity contribution in [3.05, 3.63) is 154 Å². The third-order valence-corrected chi connectivity index (χ3v) is 7.33. The van der Waals surface area contributed by atoms with E-state index in [1.54, 1.807) is 12.1 Å². The number of halogens is 3. The van der Waals surface area contributed by atoms with Crippen molar-refractivity contribution < 1.29 is 13.2 Å². The maximum atomic E-state index is 13.3. The summed E-state index contributed by atoms with van der Waals surface area (Å²) in [4.78, 5) is 0. The second-order valence-electron chi connectivity index (χ2n) is 9.40. The van der Waals surface area contributed by atoms with Gasteiger partial charge in [0.1, 0.15) is 0 Å². The molecule has 0 amide bonds. The Kier molecular flexibility index (Phi) is 4.86. The van der Waals surface area contributed by atoms with Gasteiger partial charge >= 0.3 is 6.18 Å². The van der Waals surface area contributed by atoms with Crippen LogP contribution in [-0.4, -0.2) is 0 Å². The molecule has 0 radical (unpaired) electrons. The zero-order valence-corrected chi connectivity index (χ0v) is 19.2. The predicted octanol–water partition coefficient (Wildman–Crippen LogP) is 8.66. The fraction of sp³-hybridized carbons (Fsp3) is 0.125. The van der Waals surface area contributed by atoms with Gasteiger partial charge in [-0.25, -0.2) is 0 Å². The Labute approximate surface area is 203 Å². The summed E-state index contributed by atoms with van der Waals surface area (Å²) >= 11 is 0. The minimum Gasteiger partial charge on any atom is -0.166 e. The van der Waals surface area contributed by atoms with Crippen LogP contribution in [-0.2, 0) is 11.6 Å². The van der Waals surface area contributed by atoms with Crippen molar-refractivity contribution in [1.82, 2.24) is 0 Å². The van der Waals surface area contributed by atoms with Crippen LogP contribution in [0.5, 0.6) is 0 Å². The second-order valence-corrected chi connectivity index (χ2v) is 9.40. The van der Waals surface area contributed by atoms with Gasteiger partial charge in [0.15, 0.2) is 0 Å². The number of allylic oxidation sites excluding steroid dienone is 9. The summed E-state index contributed by atoms with van der Waals surface area (Å²) < 4.78 is 39.9. The molecule has 0 nitrogen and oxygen atoms in total. The molecule has 35 heavy (non-hydrogen) atoms. The molecule has 6 rings (SSSR count). The van der Waals surface area contributed by atoms with Crippen molar-refractivity contribution in [1.29, 1.82) is 0 Å². The summed E-state index contributed by atoms with van der Waals surface area (Å²) in [6, 6.07) is 24.4. The van der Waals surface area contributed by atoms with Gasteiger partial charge in [-0.2, -0.15) is 13.2 Å². The summed E-state index contributed by atoms with van der Waals surface area (Å²) in [6.07, 6.45) is 8.79. The molecule has 0 aliphatic heterocycles. The SMILES string of the molecule is CC1=CC2=CC=CC(c3ccccc3)(C3C(c4ccc(C(F)(F)F)cc4)=Cc4ccccc43)C2=C1. The lowest BCUT2D eigenvalue weighted by molar-refractivity contribution is -0.137. The highest BCUT2D eigenvalue weighted by Gasteiger charge is 2.49. The van der Waals surface area contributed by atoms with Crippen molar-refractivity contribution >= 4 is 11.6 Å². The van der Waals surface area contributed by atoms with E-state index in [0.717, 1.165) is 22.3 Å². The van der Waals surface area contributed by atoms with E-state index in [1.165, 1.54) is 34.4 Å². The summed E-state index contributed by atoms with van der Waals surface area (Å²) in [6.45, 7) is 2.11. The molecular formula is C32H23F3. The molecule has 3 heteroatoms. The summed E-state index contributed by atoms with van der Waals surface area (Å²) in [7, 11) is 0. The van der Waals surface area contributed by atoms with Crippen LogP contribution >= 0.6 is 0 Å². The molecular weight excluding hydrogens is 441 g/mol. The number of benzene rings is 3. The number of fused-ring (bicyclic) bond motifs is 2. The maximum absolute atomic E-state index is 13.3. The Hall–Kier alpha value is -3.85. The van der Waals surface area contributed by atoms with Gasteiger partial charge < -0.3 is 0 Å². The van der Waals surface area contributed by atoms with E-state index < -0.39 is 17.2 Å². The Balaban J connectivity index is 1.60. The lowest BCUT2D eigenvalue weighted by Crippen LogP contribution is -2.35. The lowest BCUT2D eigenvalue weighted by atomic mass is 9.59. The lowest BCUT2D eigenvalue weighted by Gasteiger charge is -2.43. The molecule has 0 spiro atoms. The van der Waals surface area contributed by atoms with E-state index in [2.05, 4.69) is 79.8 Å². The molecule has 0 fully saturated rings.